The van der Waals surface area contributed by atoms with Gasteiger partial charge >= 0.3 is 0 Å². The first-order valence-corrected chi connectivity index (χ1v) is 24.5. The van der Waals surface area contributed by atoms with E-state index in [1.165, 1.54) is 66.8 Å². The lowest BCUT2D eigenvalue weighted by Crippen LogP contribution is -2.74. The lowest BCUT2D eigenvalue weighted by molar-refractivity contribution is 0.139. The van der Waals surface area contributed by atoms with Gasteiger partial charge in [0.05, 0.1) is 21.7 Å². The zero-order chi connectivity index (χ0) is 46.9. The molecular weight excluding hydrogens is 841 g/mol. The van der Waals surface area contributed by atoms with E-state index in [-0.39, 0.29) is 0 Å². The molecule has 0 heteroatoms. The summed E-state index contributed by atoms with van der Waals surface area (Å²) in [5.74, 6) is 0. The van der Waals surface area contributed by atoms with Crippen molar-refractivity contribution in [1.29, 1.82) is 0 Å². The first-order valence-electron chi connectivity index (χ1n) is 24.5. The highest BCUT2D eigenvalue weighted by molar-refractivity contribution is 5.93. The maximum atomic E-state index is 2.53. The smallest absolute Gasteiger partial charge is 0.0610 e. The van der Waals surface area contributed by atoms with Crippen molar-refractivity contribution in [2.45, 2.75) is 21.7 Å². The molecule has 0 heterocycles. The number of fused-ring (bicyclic) bond motifs is 1. The maximum absolute atomic E-state index is 2.53. The molecule has 0 N–H and O–H groups in total. The standard InChI is InChI=1S/C70H52/c1-11-31-53(32-12-1)63-51-52-64-66(65(63)54-33-13-2-14-34-54)68(57-39-19-5-20-40-57,58-41-21-6-22-42-58)70(61-47-27-9-28-48-61,62-49-29-10-30-50-62)69(59-43-23-7-24-44-59,60-45-25-8-26-46-60)67(64,55-35-15-3-16-36-55)56-37-17-4-18-38-56/h1-52H. The quantitative estimate of drug-likeness (QED) is 0.128. The Morgan fingerprint density at radius 1 is 0.186 bits per heavy atom. The minimum absolute atomic E-state index is 0.967. The van der Waals surface area contributed by atoms with Gasteiger partial charge in [-0.05, 0) is 77.9 Å². The topological polar surface area (TPSA) is 0 Å². The molecule has 11 aromatic rings. The summed E-state index contributed by atoms with van der Waals surface area (Å²) in [6, 6.07) is 120. The zero-order valence-electron chi connectivity index (χ0n) is 39.0. The van der Waals surface area contributed by atoms with Gasteiger partial charge in [0.25, 0.3) is 0 Å². The predicted molar refractivity (Wildman–Crippen MR) is 290 cm³/mol. The first kappa shape index (κ1) is 42.8. The normalized spacial score (nSPS) is 15.0. The summed E-state index contributed by atoms with van der Waals surface area (Å²) in [4.78, 5) is 0. The molecule has 12 rings (SSSR count). The molecule has 0 radical (unpaired) electrons. The monoisotopic (exact) mass is 892 g/mol. The van der Waals surface area contributed by atoms with E-state index in [0.29, 0.717) is 0 Å². The Bertz CT molecular complexity index is 3310. The van der Waals surface area contributed by atoms with Crippen molar-refractivity contribution in [3.63, 3.8) is 0 Å². The number of benzene rings is 11. The van der Waals surface area contributed by atoms with Crippen LogP contribution in [0.5, 0.6) is 0 Å². The van der Waals surface area contributed by atoms with Crippen LogP contribution in [0.2, 0.25) is 0 Å². The van der Waals surface area contributed by atoms with Crippen LogP contribution in [0.25, 0.3) is 22.3 Å². The lowest BCUT2D eigenvalue weighted by Gasteiger charge is -2.72. The molecule has 0 atom stereocenters. The van der Waals surface area contributed by atoms with E-state index in [4.69, 9.17) is 0 Å². The Kier molecular flexibility index (Phi) is 10.9. The van der Waals surface area contributed by atoms with Gasteiger partial charge in [-0.25, -0.2) is 0 Å². The average Bonchev–Trinajstić information content (AvgIpc) is 3.46. The molecule has 0 fully saturated rings. The van der Waals surface area contributed by atoms with E-state index < -0.39 is 21.7 Å². The summed E-state index contributed by atoms with van der Waals surface area (Å²) in [7, 11) is 0. The van der Waals surface area contributed by atoms with Crippen LogP contribution in [0.1, 0.15) is 55.6 Å². The molecule has 0 amide bonds. The minimum atomic E-state index is -1.05. The Morgan fingerprint density at radius 3 is 0.743 bits per heavy atom. The van der Waals surface area contributed by atoms with E-state index in [2.05, 4.69) is 315 Å². The van der Waals surface area contributed by atoms with Crippen LogP contribution < -0.4 is 0 Å². The summed E-state index contributed by atoms with van der Waals surface area (Å²) in [5, 5.41) is 0. The van der Waals surface area contributed by atoms with Gasteiger partial charge in [-0.2, -0.15) is 0 Å². The van der Waals surface area contributed by atoms with E-state index in [0.717, 1.165) is 11.1 Å². The number of rotatable bonds is 10. The van der Waals surface area contributed by atoms with E-state index in [9.17, 15) is 0 Å². The molecule has 0 aliphatic heterocycles. The van der Waals surface area contributed by atoms with Gasteiger partial charge < -0.3 is 0 Å². The second kappa shape index (κ2) is 17.8. The second-order valence-corrected chi connectivity index (χ2v) is 18.6. The average molecular weight is 893 g/mol. The molecule has 0 spiro atoms. The molecule has 0 unspecified atom stereocenters. The molecule has 0 saturated heterocycles. The second-order valence-electron chi connectivity index (χ2n) is 18.6. The van der Waals surface area contributed by atoms with Crippen molar-refractivity contribution < 1.29 is 0 Å². The molecular formula is C70H52. The summed E-state index contributed by atoms with van der Waals surface area (Å²) in [6.45, 7) is 0. The van der Waals surface area contributed by atoms with Crippen molar-refractivity contribution in [3.05, 3.63) is 371 Å². The Morgan fingerprint density at radius 2 is 0.429 bits per heavy atom. The third-order valence-corrected chi connectivity index (χ3v) is 15.5. The zero-order valence-corrected chi connectivity index (χ0v) is 39.0. The molecule has 1 aliphatic carbocycles. The summed E-state index contributed by atoms with van der Waals surface area (Å²) in [6.07, 6.45) is 0. The van der Waals surface area contributed by atoms with Gasteiger partial charge in [-0.1, -0.05) is 315 Å². The van der Waals surface area contributed by atoms with E-state index in [1.54, 1.807) is 0 Å². The van der Waals surface area contributed by atoms with Gasteiger partial charge in [0.1, 0.15) is 0 Å². The van der Waals surface area contributed by atoms with Crippen LogP contribution in [-0.4, -0.2) is 0 Å². The van der Waals surface area contributed by atoms with Crippen molar-refractivity contribution in [1.82, 2.24) is 0 Å². The van der Waals surface area contributed by atoms with Crippen LogP contribution in [0.15, 0.2) is 315 Å². The highest BCUT2D eigenvalue weighted by atomic mass is 14.8. The van der Waals surface area contributed by atoms with Gasteiger partial charge in [0.2, 0.25) is 0 Å². The molecule has 0 bridgehead atoms. The number of hydrogen-bond acceptors (Lipinski definition) is 0. The van der Waals surface area contributed by atoms with Crippen molar-refractivity contribution in [2.75, 3.05) is 0 Å². The number of hydrogen-bond donors (Lipinski definition) is 0. The van der Waals surface area contributed by atoms with Crippen molar-refractivity contribution in [3.8, 4) is 22.3 Å². The van der Waals surface area contributed by atoms with Crippen LogP contribution in [0.3, 0.4) is 0 Å². The summed E-state index contributed by atoms with van der Waals surface area (Å²) in [5.41, 5.74) is 12.8. The van der Waals surface area contributed by atoms with Crippen LogP contribution in [0.4, 0.5) is 0 Å². The van der Waals surface area contributed by atoms with E-state index >= 15 is 0 Å². The fraction of sp³-hybridized carbons (Fsp3) is 0.0571. The predicted octanol–water partition coefficient (Wildman–Crippen LogP) is 16.7. The Hall–Kier alpha value is -8.58. The van der Waals surface area contributed by atoms with Crippen LogP contribution in [-0.2, 0) is 21.7 Å². The minimum Gasteiger partial charge on any atom is -0.0622 e. The van der Waals surface area contributed by atoms with Gasteiger partial charge in [0, 0.05) is 0 Å². The molecule has 0 nitrogen and oxygen atoms in total. The molecule has 0 saturated carbocycles. The molecule has 11 aromatic carbocycles. The van der Waals surface area contributed by atoms with E-state index in [1.807, 2.05) is 0 Å². The molecule has 70 heavy (non-hydrogen) atoms. The molecule has 1 aliphatic rings. The third kappa shape index (κ3) is 6.03. The van der Waals surface area contributed by atoms with Crippen molar-refractivity contribution >= 4 is 0 Å². The Labute approximate surface area is 412 Å². The highest BCUT2D eigenvalue weighted by Crippen LogP contribution is 2.78. The molecule has 332 valence electrons. The highest BCUT2D eigenvalue weighted by Gasteiger charge is 2.78. The third-order valence-electron chi connectivity index (χ3n) is 15.5. The lowest BCUT2D eigenvalue weighted by atomic mass is 9.27. The maximum Gasteiger partial charge on any atom is 0.0610 e. The van der Waals surface area contributed by atoms with Crippen molar-refractivity contribution in [2.24, 2.45) is 0 Å². The SMILES string of the molecule is c1ccc(-c2ccc3c(c2-c2ccccc2)C(c2ccccc2)(c2ccccc2)C(c2ccccc2)(c2ccccc2)C(c2ccccc2)(c2ccccc2)C3(c2ccccc2)c2ccccc2)cc1. The van der Waals surface area contributed by atoms with Crippen LogP contribution >= 0.6 is 0 Å². The van der Waals surface area contributed by atoms with Crippen LogP contribution in [0, 0.1) is 0 Å². The van der Waals surface area contributed by atoms with Gasteiger partial charge in [-0.3, -0.25) is 0 Å². The largest absolute Gasteiger partial charge is 0.0622 e. The first-order chi connectivity index (χ1) is 34.8. The summed E-state index contributed by atoms with van der Waals surface area (Å²) < 4.78 is 0. The van der Waals surface area contributed by atoms with Gasteiger partial charge in [-0.15, -0.1) is 0 Å². The fourth-order valence-corrected chi connectivity index (χ4v) is 13.4. The van der Waals surface area contributed by atoms with Gasteiger partial charge in [0.15, 0.2) is 0 Å². The fourth-order valence-electron chi connectivity index (χ4n) is 13.4. The Balaban J connectivity index is 1.55. The molecule has 0 aromatic heterocycles. The summed E-state index contributed by atoms with van der Waals surface area (Å²) >= 11 is 0.